The Kier molecular flexibility index (Phi) is 5.69. The summed E-state index contributed by atoms with van der Waals surface area (Å²) in [4.78, 5) is 22.0. The lowest BCUT2D eigenvalue weighted by Crippen LogP contribution is -2.46. The van der Waals surface area contributed by atoms with Crippen molar-refractivity contribution < 1.29 is 9.21 Å². The first kappa shape index (κ1) is 20.4. The molecule has 2 aromatic heterocycles. The Morgan fingerprint density at radius 3 is 2.53 bits per heavy atom. The molecule has 7 heteroatoms. The van der Waals surface area contributed by atoms with Crippen molar-refractivity contribution in [1.82, 2.24) is 10.3 Å². The third kappa shape index (κ3) is 4.27. The fraction of sp³-hybridized carbons (Fsp3) is 0.200. The van der Waals surface area contributed by atoms with Crippen molar-refractivity contribution in [3.8, 4) is 0 Å². The van der Waals surface area contributed by atoms with Crippen molar-refractivity contribution in [2.24, 2.45) is 0 Å². The molecule has 0 saturated carbocycles. The predicted octanol–water partition coefficient (Wildman–Crippen LogP) is 4.74. The summed E-state index contributed by atoms with van der Waals surface area (Å²) < 4.78 is 5.29. The summed E-state index contributed by atoms with van der Waals surface area (Å²) >= 11 is 6.02. The molecule has 0 atom stereocenters. The molecule has 0 unspecified atom stereocenters. The average molecular weight is 447 g/mol. The summed E-state index contributed by atoms with van der Waals surface area (Å²) in [5.74, 6) is 1.50. The number of halogens is 1. The van der Waals surface area contributed by atoms with Crippen LogP contribution in [0, 0.1) is 0 Å². The fourth-order valence-corrected chi connectivity index (χ4v) is 4.18. The summed E-state index contributed by atoms with van der Waals surface area (Å²) in [5, 5.41) is 5.71. The second-order valence-electron chi connectivity index (χ2n) is 7.78. The van der Waals surface area contributed by atoms with Crippen LogP contribution in [0.5, 0.6) is 0 Å². The second-order valence-corrected chi connectivity index (χ2v) is 8.22. The maximum absolute atomic E-state index is 12.7. The van der Waals surface area contributed by atoms with Gasteiger partial charge in [-0.05, 0) is 60.0 Å². The molecule has 5 rings (SSSR count). The van der Waals surface area contributed by atoms with Crippen molar-refractivity contribution in [3.05, 3.63) is 89.5 Å². The average Bonchev–Trinajstić information content (AvgIpc) is 3.36. The highest BCUT2D eigenvalue weighted by Gasteiger charge is 2.20. The number of aromatic nitrogens is 1. The lowest BCUT2D eigenvalue weighted by molar-refractivity contribution is 0.0948. The molecule has 3 heterocycles. The third-order valence-electron chi connectivity index (χ3n) is 5.78. The van der Waals surface area contributed by atoms with Gasteiger partial charge < -0.3 is 19.5 Å². The molecule has 2 aromatic carbocycles. The number of nitrogens with one attached hydrogen (secondary N) is 1. The van der Waals surface area contributed by atoms with Gasteiger partial charge in [0.2, 0.25) is 0 Å². The van der Waals surface area contributed by atoms with Crippen LogP contribution in [0.15, 0.2) is 77.5 Å². The highest BCUT2D eigenvalue weighted by Crippen LogP contribution is 2.28. The number of carbonyl (C=O) groups excluding carboxylic acids is 1. The van der Waals surface area contributed by atoms with Crippen LogP contribution in [0.3, 0.4) is 0 Å². The minimum atomic E-state index is -0.134. The molecular weight excluding hydrogens is 424 g/mol. The molecule has 162 valence electrons. The van der Waals surface area contributed by atoms with Crippen molar-refractivity contribution in [2.45, 2.75) is 6.54 Å². The first-order valence-electron chi connectivity index (χ1n) is 10.6. The molecule has 0 bridgehead atoms. The number of carbonyl (C=O) groups is 1. The molecule has 1 saturated heterocycles. The van der Waals surface area contributed by atoms with Gasteiger partial charge in [-0.25, -0.2) is 4.98 Å². The lowest BCUT2D eigenvalue weighted by atomic mass is 10.1. The Morgan fingerprint density at radius 1 is 1.00 bits per heavy atom. The Labute approximate surface area is 191 Å². The van der Waals surface area contributed by atoms with E-state index >= 15 is 0 Å². The minimum absolute atomic E-state index is 0.134. The predicted molar refractivity (Wildman–Crippen MR) is 127 cm³/mol. The molecule has 4 aromatic rings. The van der Waals surface area contributed by atoms with Crippen LogP contribution in [0.4, 0.5) is 11.5 Å². The Bertz CT molecular complexity index is 1220. The highest BCUT2D eigenvalue weighted by atomic mass is 35.5. The molecular formula is C25H23ClN4O2. The van der Waals surface area contributed by atoms with Gasteiger partial charge in [-0.1, -0.05) is 17.7 Å². The van der Waals surface area contributed by atoms with Crippen LogP contribution in [-0.2, 0) is 6.54 Å². The van der Waals surface area contributed by atoms with E-state index in [0.717, 1.165) is 53.6 Å². The van der Waals surface area contributed by atoms with E-state index in [4.69, 9.17) is 16.0 Å². The quantitative estimate of drug-likeness (QED) is 0.480. The highest BCUT2D eigenvalue weighted by molar-refractivity contribution is 6.30. The second kappa shape index (κ2) is 8.93. The number of piperazine rings is 1. The largest absolute Gasteiger partial charge is 0.467 e. The van der Waals surface area contributed by atoms with Gasteiger partial charge in [0.1, 0.15) is 11.6 Å². The maximum Gasteiger partial charge on any atom is 0.251 e. The first-order valence-corrected chi connectivity index (χ1v) is 11.0. The summed E-state index contributed by atoms with van der Waals surface area (Å²) in [6.45, 7) is 3.84. The number of rotatable bonds is 5. The van der Waals surface area contributed by atoms with Crippen LogP contribution in [-0.4, -0.2) is 37.1 Å². The zero-order chi connectivity index (χ0) is 21.9. The van der Waals surface area contributed by atoms with Crippen molar-refractivity contribution in [3.63, 3.8) is 0 Å². The SMILES string of the molecule is O=C(NCc1ccco1)c1ccc2ccnc(N3CCN(c4ccc(Cl)cc4)CC3)c2c1. The Morgan fingerprint density at radius 2 is 1.78 bits per heavy atom. The van der Waals surface area contributed by atoms with Crippen LogP contribution >= 0.6 is 11.6 Å². The van der Waals surface area contributed by atoms with E-state index in [1.165, 1.54) is 5.69 Å². The van der Waals surface area contributed by atoms with E-state index in [1.54, 1.807) is 6.26 Å². The fourth-order valence-electron chi connectivity index (χ4n) is 4.06. The molecule has 1 amide bonds. The smallest absolute Gasteiger partial charge is 0.251 e. The van der Waals surface area contributed by atoms with Gasteiger partial charge in [0.25, 0.3) is 5.91 Å². The van der Waals surface area contributed by atoms with Crippen LogP contribution in [0.25, 0.3) is 10.8 Å². The number of hydrogen-bond acceptors (Lipinski definition) is 5. The van der Waals surface area contributed by atoms with Crippen LogP contribution in [0.1, 0.15) is 16.1 Å². The van der Waals surface area contributed by atoms with Crippen molar-refractivity contribution >= 4 is 39.8 Å². The van der Waals surface area contributed by atoms with Gasteiger partial charge >= 0.3 is 0 Å². The number of anilines is 2. The van der Waals surface area contributed by atoms with Gasteiger partial charge in [0.05, 0.1) is 12.8 Å². The zero-order valence-electron chi connectivity index (χ0n) is 17.5. The van der Waals surface area contributed by atoms with E-state index < -0.39 is 0 Å². The molecule has 32 heavy (non-hydrogen) atoms. The molecule has 0 aliphatic carbocycles. The van der Waals surface area contributed by atoms with Crippen molar-refractivity contribution in [2.75, 3.05) is 36.0 Å². The summed E-state index contributed by atoms with van der Waals surface area (Å²) in [7, 11) is 0. The summed E-state index contributed by atoms with van der Waals surface area (Å²) in [6, 6.07) is 19.3. The number of hydrogen-bond donors (Lipinski definition) is 1. The third-order valence-corrected chi connectivity index (χ3v) is 6.03. The van der Waals surface area contributed by atoms with Gasteiger partial charge in [-0.3, -0.25) is 4.79 Å². The van der Waals surface area contributed by atoms with Gasteiger partial charge in [-0.15, -0.1) is 0 Å². The first-order chi connectivity index (χ1) is 15.7. The normalized spacial score (nSPS) is 14.0. The molecule has 1 fully saturated rings. The van der Waals surface area contributed by atoms with E-state index in [-0.39, 0.29) is 5.91 Å². The van der Waals surface area contributed by atoms with Gasteiger partial charge in [-0.2, -0.15) is 0 Å². The van der Waals surface area contributed by atoms with E-state index in [1.807, 2.05) is 54.7 Å². The monoisotopic (exact) mass is 446 g/mol. The molecule has 1 N–H and O–H groups in total. The molecule has 0 radical (unpaired) electrons. The molecule has 1 aliphatic rings. The Hall–Kier alpha value is -3.51. The van der Waals surface area contributed by atoms with Gasteiger partial charge in [0.15, 0.2) is 0 Å². The van der Waals surface area contributed by atoms with E-state index in [9.17, 15) is 4.79 Å². The summed E-state index contributed by atoms with van der Waals surface area (Å²) in [5.41, 5.74) is 1.79. The Balaban J connectivity index is 1.33. The minimum Gasteiger partial charge on any atom is -0.467 e. The molecule has 0 spiro atoms. The standard InChI is InChI=1S/C25H23ClN4O2/c26-20-5-7-21(8-6-20)29-11-13-30(14-12-29)24-23-16-19(4-3-18(23)9-10-27-24)25(31)28-17-22-2-1-15-32-22/h1-10,15-16H,11-14,17H2,(H,28,31). The number of furan rings is 1. The summed E-state index contributed by atoms with van der Waals surface area (Å²) in [6.07, 6.45) is 3.43. The zero-order valence-corrected chi connectivity index (χ0v) is 18.3. The maximum atomic E-state index is 12.7. The van der Waals surface area contributed by atoms with E-state index in [0.29, 0.717) is 12.1 Å². The molecule has 1 aliphatic heterocycles. The topological polar surface area (TPSA) is 61.6 Å². The number of benzene rings is 2. The number of pyridine rings is 1. The van der Waals surface area contributed by atoms with E-state index in [2.05, 4.69) is 32.2 Å². The van der Waals surface area contributed by atoms with Crippen LogP contribution < -0.4 is 15.1 Å². The number of fused-ring (bicyclic) bond motifs is 1. The van der Waals surface area contributed by atoms with Crippen LogP contribution in [0.2, 0.25) is 5.02 Å². The lowest BCUT2D eigenvalue weighted by Gasteiger charge is -2.37. The number of amides is 1. The van der Waals surface area contributed by atoms with Gasteiger partial charge in [0, 0.05) is 54.0 Å². The molecule has 6 nitrogen and oxygen atoms in total. The van der Waals surface area contributed by atoms with Crippen molar-refractivity contribution in [1.29, 1.82) is 0 Å². The number of nitrogens with zero attached hydrogens (tertiary/aromatic N) is 3.